The van der Waals surface area contributed by atoms with Gasteiger partial charge in [-0.3, -0.25) is 4.57 Å². The van der Waals surface area contributed by atoms with E-state index in [-0.39, 0.29) is 0 Å². The van der Waals surface area contributed by atoms with Crippen LogP contribution in [0.5, 0.6) is 0 Å². The molecule has 0 unspecified atom stereocenters. The lowest BCUT2D eigenvalue weighted by atomic mass is 10.1. The molecule has 4 aromatic heterocycles. The maximum atomic E-state index is 6.26. The van der Waals surface area contributed by atoms with E-state index in [4.69, 9.17) is 19.4 Å². The van der Waals surface area contributed by atoms with Crippen LogP contribution in [-0.4, -0.2) is 24.1 Å². The first-order valence-corrected chi connectivity index (χ1v) is 15.6. The SMILES string of the molecule is c1ccc(-c2cc(-c3nc4ccccc4o3)nc(-n3c4ccccc4c4ccc5c6ccccc6n(-c6ccccc6)c5c43)n2)cc1. The highest BCUT2D eigenvalue weighted by Gasteiger charge is 2.23. The van der Waals surface area contributed by atoms with Crippen LogP contribution in [0.25, 0.3) is 89.2 Å². The van der Waals surface area contributed by atoms with Crippen LogP contribution in [0.15, 0.2) is 156 Å². The van der Waals surface area contributed by atoms with Crippen molar-refractivity contribution in [3.8, 4) is 34.5 Å². The van der Waals surface area contributed by atoms with Gasteiger partial charge in [0.2, 0.25) is 11.8 Å². The minimum absolute atomic E-state index is 0.455. The lowest BCUT2D eigenvalue weighted by Crippen LogP contribution is -2.05. The summed E-state index contributed by atoms with van der Waals surface area (Å²) in [6.07, 6.45) is 0. The predicted molar refractivity (Wildman–Crippen MR) is 189 cm³/mol. The number of hydrogen-bond acceptors (Lipinski definition) is 4. The third-order valence-electron chi connectivity index (χ3n) is 8.98. The summed E-state index contributed by atoms with van der Waals surface area (Å²) < 4.78 is 10.8. The van der Waals surface area contributed by atoms with Crippen LogP contribution in [0, 0.1) is 0 Å². The molecule has 6 aromatic carbocycles. The molecule has 0 aliphatic rings. The maximum absolute atomic E-state index is 6.26. The molecule has 0 saturated carbocycles. The Kier molecular flexibility index (Phi) is 5.48. The number of rotatable bonds is 4. The van der Waals surface area contributed by atoms with Gasteiger partial charge in [-0.15, -0.1) is 0 Å². The second kappa shape index (κ2) is 9.99. The van der Waals surface area contributed by atoms with Crippen LogP contribution >= 0.6 is 0 Å². The first-order chi connectivity index (χ1) is 23.3. The van der Waals surface area contributed by atoms with Crippen LogP contribution in [0.4, 0.5) is 0 Å². The van der Waals surface area contributed by atoms with Crippen LogP contribution < -0.4 is 0 Å². The fraction of sp³-hybridized carbons (Fsp3) is 0. The quantitative estimate of drug-likeness (QED) is 0.201. The molecule has 0 saturated heterocycles. The molecule has 0 spiro atoms. The van der Waals surface area contributed by atoms with E-state index in [0.29, 0.717) is 17.5 Å². The predicted octanol–water partition coefficient (Wildman–Crippen LogP) is 10.1. The zero-order valence-electron chi connectivity index (χ0n) is 25.1. The molecule has 6 heteroatoms. The Morgan fingerprint density at radius 1 is 0.447 bits per heavy atom. The minimum atomic E-state index is 0.455. The lowest BCUT2D eigenvalue weighted by molar-refractivity contribution is 0.616. The van der Waals surface area contributed by atoms with Crippen molar-refractivity contribution in [3.05, 3.63) is 152 Å². The number of aromatic nitrogens is 5. The molecule has 0 atom stereocenters. The molecular weight excluding hydrogens is 578 g/mol. The van der Waals surface area contributed by atoms with E-state index in [2.05, 4.69) is 112 Å². The van der Waals surface area contributed by atoms with E-state index in [1.54, 1.807) is 0 Å². The fourth-order valence-electron chi connectivity index (χ4n) is 6.94. The lowest BCUT2D eigenvalue weighted by Gasteiger charge is -2.13. The van der Waals surface area contributed by atoms with Gasteiger partial charge in [0.15, 0.2) is 5.58 Å². The Morgan fingerprint density at radius 3 is 1.74 bits per heavy atom. The molecule has 10 aromatic rings. The van der Waals surface area contributed by atoms with Crippen molar-refractivity contribution in [2.75, 3.05) is 0 Å². The standard InChI is InChI=1S/C41H25N5O/c1-3-13-26(14-4-1)33-25-34(40-42-32-19-9-12-22-37(32)47-40)44-41(43-33)46-36-21-11-8-18-29(36)31-24-23-30-28-17-7-10-20-35(28)45(38(30)39(31)46)27-15-5-2-6-16-27/h1-25H. The van der Waals surface area contributed by atoms with Crippen molar-refractivity contribution in [2.45, 2.75) is 0 Å². The number of oxazole rings is 1. The normalized spacial score (nSPS) is 11.8. The van der Waals surface area contributed by atoms with Crippen LogP contribution in [-0.2, 0) is 0 Å². The van der Waals surface area contributed by atoms with Crippen molar-refractivity contribution >= 4 is 54.7 Å². The van der Waals surface area contributed by atoms with Crippen molar-refractivity contribution in [3.63, 3.8) is 0 Å². The van der Waals surface area contributed by atoms with Crippen molar-refractivity contribution < 1.29 is 4.42 Å². The topological polar surface area (TPSA) is 61.7 Å². The molecule has 4 heterocycles. The summed E-state index contributed by atoms with van der Waals surface area (Å²) in [5.41, 5.74) is 9.29. The number of nitrogens with zero attached hydrogens (tertiary/aromatic N) is 5. The van der Waals surface area contributed by atoms with Gasteiger partial charge in [0.05, 0.1) is 27.8 Å². The van der Waals surface area contributed by atoms with Crippen LogP contribution in [0.2, 0.25) is 0 Å². The van der Waals surface area contributed by atoms with Gasteiger partial charge >= 0.3 is 0 Å². The zero-order valence-corrected chi connectivity index (χ0v) is 25.1. The number of para-hydroxylation sites is 5. The maximum Gasteiger partial charge on any atom is 0.246 e. The van der Waals surface area contributed by atoms with Crippen LogP contribution in [0.1, 0.15) is 0 Å². The van der Waals surface area contributed by atoms with Crippen molar-refractivity contribution in [2.24, 2.45) is 0 Å². The molecule has 47 heavy (non-hydrogen) atoms. The van der Waals surface area contributed by atoms with Gasteiger partial charge in [-0.05, 0) is 42.5 Å². The molecule has 6 nitrogen and oxygen atoms in total. The van der Waals surface area contributed by atoms with E-state index in [1.165, 1.54) is 10.8 Å². The minimum Gasteiger partial charge on any atom is -0.435 e. The van der Waals surface area contributed by atoms with E-state index < -0.39 is 0 Å². The van der Waals surface area contributed by atoms with Gasteiger partial charge in [0.25, 0.3) is 0 Å². The zero-order chi connectivity index (χ0) is 30.9. The summed E-state index contributed by atoms with van der Waals surface area (Å²) in [5, 5.41) is 4.62. The molecule has 0 fully saturated rings. The highest BCUT2D eigenvalue weighted by Crippen LogP contribution is 2.41. The summed E-state index contributed by atoms with van der Waals surface area (Å²) >= 11 is 0. The van der Waals surface area contributed by atoms with Crippen molar-refractivity contribution in [1.82, 2.24) is 24.1 Å². The van der Waals surface area contributed by atoms with Gasteiger partial charge in [0, 0.05) is 32.8 Å². The Bertz CT molecular complexity index is 2760. The summed E-state index contributed by atoms with van der Waals surface area (Å²) in [6, 6.07) is 52.1. The summed E-state index contributed by atoms with van der Waals surface area (Å²) in [6.45, 7) is 0. The highest BCUT2D eigenvalue weighted by molar-refractivity contribution is 6.23. The number of hydrogen-bond donors (Lipinski definition) is 0. The molecule has 0 radical (unpaired) electrons. The van der Waals surface area contributed by atoms with Gasteiger partial charge in [-0.1, -0.05) is 109 Å². The smallest absolute Gasteiger partial charge is 0.246 e. The number of benzene rings is 6. The molecule has 0 aliphatic heterocycles. The molecule has 0 bridgehead atoms. The molecular formula is C41H25N5O. The third-order valence-corrected chi connectivity index (χ3v) is 8.98. The molecule has 0 aliphatic carbocycles. The Hall–Kier alpha value is -6.53. The highest BCUT2D eigenvalue weighted by atomic mass is 16.3. The molecule has 220 valence electrons. The van der Waals surface area contributed by atoms with Gasteiger partial charge in [-0.2, -0.15) is 0 Å². The van der Waals surface area contributed by atoms with Gasteiger partial charge < -0.3 is 8.98 Å². The third kappa shape index (κ3) is 3.88. The summed E-state index contributed by atoms with van der Waals surface area (Å²) in [5.74, 6) is 1.00. The summed E-state index contributed by atoms with van der Waals surface area (Å²) in [7, 11) is 0. The summed E-state index contributed by atoms with van der Waals surface area (Å²) in [4.78, 5) is 15.3. The Balaban J connectivity index is 1.37. The molecule has 10 rings (SSSR count). The fourth-order valence-corrected chi connectivity index (χ4v) is 6.94. The molecule has 0 amide bonds. The Morgan fingerprint density at radius 2 is 1.02 bits per heavy atom. The average molecular weight is 604 g/mol. The first kappa shape index (κ1) is 25.8. The van der Waals surface area contributed by atoms with Gasteiger partial charge in [0.1, 0.15) is 11.2 Å². The van der Waals surface area contributed by atoms with Crippen LogP contribution in [0.3, 0.4) is 0 Å². The van der Waals surface area contributed by atoms with E-state index in [1.807, 2.05) is 48.5 Å². The van der Waals surface area contributed by atoms with Crippen molar-refractivity contribution in [1.29, 1.82) is 0 Å². The van der Waals surface area contributed by atoms with E-state index >= 15 is 0 Å². The van der Waals surface area contributed by atoms with Gasteiger partial charge in [-0.25, -0.2) is 15.0 Å². The second-order valence-electron chi connectivity index (χ2n) is 11.7. The monoisotopic (exact) mass is 603 g/mol. The number of fused-ring (bicyclic) bond motifs is 8. The molecule has 0 N–H and O–H groups in total. The van der Waals surface area contributed by atoms with E-state index in [9.17, 15) is 0 Å². The largest absolute Gasteiger partial charge is 0.435 e. The second-order valence-corrected chi connectivity index (χ2v) is 11.7. The van der Waals surface area contributed by atoms with E-state index in [0.717, 1.165) is 60.9 Å². The first-order valence-electron chi connectivity index (χ1n) is 15.6. The average Bonchev–Trinajstić information content (AvgIpc) is 3.83. The Labute approximate surface area is 268 Å².